The van der Waals surface area contributed by atoms with Crippen LogP contribution in [0.1, 0.15) is 38.4 Å². The Balaban J connectivity index is 2.62. The van der Waals surface area contributed by atoms with E-state index in [9.17, 15) is 5.11 Å². The molecule has 78 valence electrons. The third kappa shape index (κ3) is 3.04. The molecule has 1 aromatic rings. The molecule has 0 amide bonds. The summed E-state index contributed by atoms with van der Waals surface area (Å²) in [6.45, 7) is 4.70. The molecule has 0 spiro atoms. The Labute approximate surface area is 85.5 Å². The van der Waals surface area contributed by atoms with Crippen molar-refractivity contribution in [1.82, 2.24) is 0 Å². The lowest BCUT2D eigenvalue weighted by atomic mass is 10.1. The third-order valence-electron chi connectivity index (χ3n) is 2.14. The van der Waals surface area contributed by atoms with E-state index in [0.717, 1.165) is 24.2 Å². The molecule has 0 aliphatic rings. The van der Waals surface area contributed by atoms with E-state index in [-0.39, 0.29) is 6.10 Å². The molecule has 0 saturated heterocycles. The summed E-state index contributed by atoms with van der Waals surface area (Å²) in [6, 6.07) is 7.64. The fourth-order valence-corrected chi connectivity index (χ4v) is 1.39. The first-order valence-electron chi connectivity index (χ1n) is 5.18. The zero-order valence-corrected chi connectivity index (χ0v) is 8.86. The lowest BCUT2D eigenvalue weighted by Gasteiger charge is -2.10. The van der Waals surface area contributed by atoms with E-state index >= 15 is 0 Å². The van der Waals surface area contributed by atoms with Crippen LogP contribution in [-0.4, -0.2) is 11.7 Å². The Morgan fingerprint density at radius 3 is 2.36 bits per heavy atom. The van der Waals surface area contributed by atoms with Gasteiger partial charge in [0.25, 0.3) is 0 Å². The summed E-state index contributed by atoms with van der Waals surface area (Å²) in [6.07, 6.45) is 1.47. The molecule has 14 heavy (non-hydrogen) atoms. The van der Waals surface area contributed by atoms with Crippen molar-refractivity contribution in [2.45, 2.75) is 32.8 Å². The number of aliphatic hydroxyl groups excluding tert-OH is 1. The quantitative estimate of drug-likeness (QED) is 0.781. The maximum absolute atomic E-state index is 9.70. The van der Waals surface area contributed by atoms with Gasteiger partial charge < -0.3 is 9.84 Å². The van der Waals surface area contributed by atoms with Gasteiger partial charge in [0, 0.05) is 0 Å². The predicted molar refractivity (Wildman–Crippen MR) is 57.5 cm³/mol. The highest BCUT2D eigenvalue weighted by Crippen LogP contribution is 2.20. The van der Waals surface area contributed by atoms with Crippen molar-refractivity contribution in [2.24, 2.45) is 0 Å². The average Bonchev–Trinajstić information content (AvgIpc) is 2.20. The van der Waals surface area contributed by atoms with Gasteiger partial charge in [0.2, 0.25) is 0 Å². The van der Waals surface area contributed by atoms with Gasteiger partial charge in [-0.15, -0.1) is 0 Å². The lowest BCUT2D eigenvalue weighted by Crippen LogP contribution is -1.97. The first kappa shape index (κ1) is 11.1. The van der Waals surface area contributed by atoms with Gasteiger partial charge in [0.05, 0.1) is 12.7 Å². The molecule has 2 heteroatoms. The normalized spacial score (nSPS) is 12.5. The summed E-state index contributed by atoms with van der Waals surface area (Å²) in [5.74, 6) is 0.861. The molecule has 2 nitrogen and oxygen atoms in total. The highest BCUT2D eigenvalue weighted by Gasteiger charge is 2.05. The fourth-order valence-electron chi connectivity index (χ4n) is 1.39. The topological polar surface area (TPSA) is 29.5 Å². The van der Waals surface area contributed by atoms with E-state index in [1.807, 2.05) is 31.2 Å². The van der Waals surface area contributed by atoms with Gasteiger partial charge in [-0.25, -0.2) is 0 Å². The number of rotatable bonds is 5. The first-order valence-corrected chi connectivity index (χ1v) is 5.18. The zero-order valence-electron chi connectivity index (χ0n) is 8.86. The second-order valence-corrected chi connectivity index (χ2v) is 3.31. The van der Waals surface area contributed by atoms with Gasteiger partial charge in [0.1, 0.15) is 5.75 Å². The summed E-state index contributed by atoms with van der Waals surface area (Å²) < 4.78 is 5.32. The minimum Gasteiger partial charge on any atom is -0.494 e. The van der Waals surface area contributed by atoms with Crippen LogP contribution in [0, 0.1) is 0 Å². The van der Waals surface area contributed by atoms with Crippen molar-refractivity contribution in [1.29, 1.82) is 0 Å². The molecule has 1 aromatic carbocycles. The third-order valence-corrected chi connectivity index (χ3v) is 2.14. The van der Waals surface area contributed by atoms with Crippen LogP contribution in [0.2, 0.25) is 0 Å². The van der Waals surface area contributed by atoms with Crippen LogP contribution < -0.4 is 4.74 Å². The van der Waals surface area contributed by atoms with Gasteiger partial charge in [-0.05, 0) is 31.0 Å². The van der Waals surface area contributed by atoms with Crippen molar-refractivity contribution >= 4 is 0 Å². The smallest absolute Gasteiger partial charge is 0.119 e. The molecule has 0 aromatic heterocycles. The van der Waals surface area contributed by atoms with Crippen molar-refractivity contribution in [3.05, 3.63) is 29.8 Å². The Kier molecular flexibility index (Phi) is 4.47. The summed E-state index contributed by atoms with van der Waals surface area (Å²) in [7, 11) is 0. The largest absolute Gasteiger partial charge is 0.494 e. The molecule has 0 aliphatic carbocycles. The summed E-state index contributed by atoms with van der Waals surface area (Å²) in [4.78, 5) is 0. The van der Waals surface area contributed by atoms with Gasteiger partial charge in [-0.3, -0.25) is 0 Å². The first-order chi connectivity index (χ1) is 6.77. The molecule has 0 heterocycles. The fraction of sp³-hybridized carbons (Fsp3) is 0.500. The molecular formula is C12H18O2. The minimum atomic E-state index is -0.337. The molecule has 1 atom stereocenters. The second kappa shape index (κ2) is 5.66. The van der Waals surface area contributed by atoms with Crippen molar-refractivity contribution < 1.29 is 9.84 Å². The van der Waals surface area contributed by atoms with Gasteiger partial charge in [-0.1, -0.05) is 25.5 Å². The van der Waals surface area contributed by atoms with Crippen LogP contribution in [0.5, 0.6) is 5.75 Å². The Bertz CT molecular complexity index is 254. The molecule has 0 fully saturated rings. The number of aliphatic hydroxyl groups is 1. The minimum absolute atomic E-state index is 0.337. The number of hydrogen-bond acceptors (Lipinski definition) is 2. The Hall–Kier alpha value is -1.02. The van der Waals surface area contributed by atoms with Crippen LogP contribution in [0.25, 0.3) is 0 Å². The number of ether oxygens (including phenoxy) is 1. The van der Waals surface area contributed by atoms with E-state index in [4.69, 9.17) is 4.74 Å². The predicted octanol–water partition coefficient (Wildman–Crippen LogP) is 2.92. The molecule has 1 rings (SSSR count). The molecule has 1 unspecified atom stereocenters. The summed E-state index contributed by atoms with van der Waals surface area (Å²) >= 11 is 0. The van der Waals surface area contributed by atoms with Gasteiger partial charge in [0.15, 0.2) is 0 Å². The average molecular weight is 194 g/mol. The highest BCUT2D eigenvalue weighted by atomic mass is 16.5. The molecular weight excluding hydrogens is 176 g/mol. The van der Waals surface area contributed by atoms with E-state index in [2.05, 4.69) is 6.92 Å². The van der Waals surface area contributed by atoms with Crippen LogP contribution in [0.3, 0.4) is 0 Å². The Morgan fingerprint density at radius 2 is 1.86 bits per heavy atom. The highest BCUT2D eigenvalue weighted by molar-refractivity contribution is 5.28. The monoisotopic (exact) mass is 194 g/mol. The van der Waals surface area contributed by atoms with Crippen LogP contribution >= 0.6 is 0 Å². The maximum Gasteiger partial charge on any atom is 0.119 e. The number of benzene rings is 1. The Morgan fingerprint density at radius 1 is 1.21 bits per heavy atom. The van der Waals surface area contributed by atoms with E-state index < -0.39 is 0 Å². The SMILES string of the molecule is CCCC(O)c1ccc(OCC)cc1. The molecule has 0 saturated carbocycles. The van der Waals surface area contributed by atoms with Gasteiger partial charge >= 0.3 is 0 Å². The zero-order chi connectivity index (χ0) is 10.4. The van der Waals surface area contributed by atoms with Crippen molar-refractivity contribution in [3.63, 3.8) is 0 Å². The lowest BCUT2D eigenvalue weighted by molar-refractivity contribution is 0.166. The van der Waals surface area contributed by atoms with Crippen molar-refractivity contribution in [2.75, 3.05) is 6.61 Å². The van der Waals surface area contributed by atoms with Crippen LogP contribution in [0.15, 0.2) is 24.3 Å². The maximum atomic E-state index is 9.70. The molecule has 0 bridgehead atoms. The van der Waals surface area contributed by atoms with E-state index in [0.29, 0.717) is 6.61 Å². The van der Waals surface area contributed by atoms with E-state index in [1.165, 1.54) is 0 Å². The van der Waals surface area contributed by atoms with Crippen molar-refractivity contribution in [3.8, 4) is 5.75 Å². The van der Waals surface area contributed by atoms with E-state index in [1.54, 1.807) is 0 Å². The van der Waals surface area contributed by atoms with Crippen LogP contribution in [-0.2, 0) is 0 Å². The second-order valence-electron chi connectivity index (χ2n) is 3.31. The molecule has 0 radical (unpaired) electrons. The van der Waals surface area contributed by atoms with Gasteiger partial charge in [-0.2, -0.15) is 0 Å². The standard InChI is InChI=1S/C12H18O2/c1-3-5-12(13)10-6-8-11(9-7-10)14-4-2/h6-9,12-13H,3-5H2,1-2H3. The van der Waals surface area contributed by atoms with Crippen LogP contribution in [0.4, 0.5) is 0 Å². The summed E-state index contributed by atoms with van der Waals surface area (Å²) in [5, 5.41) is 9.70. The molecule has 0 aliphatic heterocycles. The number of hydrogen-bond donors (Lipinski definition) is 1. The molecule has 1 N–H and O–H groups in total. The summed E-state index contributed by atoms with van der Waals surface area (Å²) in [5.41, 5.74) is 0.968.